The van der Waals surface area contributed by atoms with E-state index in [-0.39, 0.29) is 10.8 Å². The van der Waals surface area contributed by atoms with Crippen LogP contribution in [0.5, 0.6) is 0 Å². The molecule has 0 amide bonds. The Balaban J connectivity index is 2.21. The first-order chi connectivity index (χ1) is 9.13. The quantitative estimate of drug-likeness (QED) is 0.833. The number of para-hydroxylation sites is 1. The molecule has 2 aromatic rings. The summed E-state index contributed by atoms with van der Waals surface area (Å²) in [4.78, 5) is 0. The van der Waals surface area contributed by atoms with Crippen LogP contribution in [0.25, 0.3) is 0 Å². The molecule has 19 heavy (non-hydrogen) atoms. The lowest BCUT2D eigenvalue weighted by Gasteiger charge is -2.14. The molecular formula is C16H17ClFN. The second-order valence-corrected chi connectivity index (χ2v) is 4.94. The summed E-state index contributed by atoms with van der Waals surface area (Å²) in [5.74, 6) is -0.344. The van der Waals surface area contributed by atoms with E-state index in [0.29, 0.717) is 12.1 Å². The average Bonchev–Trinajstić information content (AvgIpc) is 2.41. The maximum Gasteiger partial charge on any atom is 0.146 e. The number of nitrogens with one attached hydrogen (secondary N) is 1. The first-order valence-electron chi connectivity index (χ1n) is 6.38. The van der Waals surface area contributed by atoms with E-state index in [1.807, 2.05) is 6.07 Å². The van der Waals surface area contributed by atoms with E-state index in [2.05, 4.69) is 31.3 Å². The predicted molar refractivity (Wildman–Crippen MR) is 79.3 cm³/mol. The average molecular weight is 278 g/mol. The van der Waals surface area contributed by atoms with Crippen molar-refractivity contribution < 1.29 is 4.39 Å². The number of rotatable bonds is 4. The molecule has 0 atom stereocenters. The minimum atomic E-state index is -0.344. The van der Waals surface area contributed by atoms with Crippen LogP contribution in [-0.2, 0) is 13.0 Å². The predicted octanol–water partition coefficient (Wildman–Crippen LogP) is 4.96. The highest BCUT2D eigenvalue weighted by Gasteiger charge is 2.08. The molecule has 0 unspecified atom stereocenters. The van der Waals surface area contributed by atoms with Crippen molar-refractivity contribution in [1.29, 1.82) is 0 Å². The topological polar surface area (TPSA) is 12.0 Å². The fraction of sp³-hybridized carbons (Fsp3) is 0.250. The summed E-state index contributed by atoms with van der Waals surface area (Å²) in [6.45, 7) is 4.60. The minimum Gasteiger partial charge on any atom is -0.380 e. The van der Waals surface area contributed by atoms with Gasteiger partial charge < -0.3 is 5.32 Å². The van der Waals surface area contributed by atoms with Crippen LogP contribution in [0.3, 0.4) is 0 Å². The van der Waals surface area contributed by atoms with Gasteiger partial charge in [-0.05, 0) is 30.5 Å². The molecule has 1 nitrogen and oxygen atoms in total. The molecule has 0 aliphatic carbocycles. The van der Waals surface area contributed by atoms with Crippen molar-refractivity contribution in [3.63, 3.8) is 0 Å². The fourth-order valence-electron chi connectivity index (χ4n) is 2.14. The third-order valence-corrected chi connectivity index (χ3v) is 3.52. The van der Waals surface area contributed by atoms with Gasteiger partial charge in [-0.15, -0.1) is 0 Å². The molecule has 0 aliphatic rings. The molecule has 1 N–H and O–H groups in total. The fourth-order valence-corrected chi connectivity index (χ4v) is 2.34. The summed E-state index contributed by atoms with van der Waals surface area (Å²) in [5, 5.41) is 3.48. The highest BCUT2D eigenvalue weighted by Crippen LogP contribution is 2.23. The van der Waals surface area contributed by atoms with E-state index in [1.54, 1.807) is 18.2 Å². The molecule has 100 valence electrons. The smallest absolute Gasteiger partial charge is 0.146 e. The lowest BCUT2D eigenvalue weighted by Crippen LogP contribution is -2.05. The number of halogens is 2. The Hall–Kier alpha value is -1.54. The van der Waals surface area contributed by atoms with Crippen LogP contribution in [0.15, 0.2) is 36.4 Å². The van der Waals surface area contributed by atoms with Crippen LogP contribution in [0.2, 0.25) is 5.02 Å². The molecule has 0 bridgehead atoms. The normalized spacial score (nSPS) is 10.5. The molecule has 0 radical (unpaired) electrons. The van der Waals surface area contributed by atoms with Gasteiger partial charge in [-0.25, -0.2) is 4.39 Å². The SMILES string of the molecule is CCc1cccc(C)c1NCc1cccc(Cl)c1F. The van der Waals surface area contributed by atoms with E-state index < -0.39 is 0 Å². The highest BCUT2D eigenvalue weighted by atomic mass is 35.5. The van der Waals surface area contributed by atoms with Crippen LogP contribution < -0.4 is 5.32 Å². The highest BCUT2D eigenvalue weighted by molar-refractivity contribution is 6.30. The van der Waals surface area contributed by atoms with Crippen LogP contribution in [0.4, 0.5) is 10.1 Å². The molecule has 0 fully saturated rings. The minimum absolute atomic E-state index is 0.166. The Morgan fingerprint density at radius 1 is 1.11 bits per heavy atom. The van der Waals surface area contributed by atoms with Gasteiger partial charge in [-0.3, -0.25) is 0 Å². The number of aryl methyl sites for hydroxylation is 2. The molecule has 2 rings (SSSR count). The van der Waals surface area contributed by atoms with Crippen LogP contribution in [0.1, 0.15) is 23.6 Å². The van der Waals surface area contributed by atoms with E-state index >= 15 is 0 Å². The number of hydrogen-bond acceptors (Lipinski definition) is 1. The standard InChI is InChI=1S/C16H17ClFN/c1-3-12-7-4-6-11(2)16(12)19-10-13-8-5-9-14(17)15(13)18/h4-9,19H,3,10H2,1-2H3. The number of benzene rings is 2. The van der Waals surface area contributed by atoms with Crippen molar-refractivity contribution in [3.05, 3.63) is 63.9 Å². The third-order valence-electron chi connectivity index (χ3n) is 3.23. The van der Waals surface area contributed by atoms with E-state index in [4.69, 9.17) is 11.6 Å². The van der Waals surface area contributed by atoms with Crippen molar-refractivity contribution >= 4 is 17.3 Å². The zero-order chi connectivity index (χ0) is 13.8. The molecular weight excluding hydrogens is 261 g/mol. The monoisotopic (exact) mass is 277 g/mol. The molecule has 0 heterocycles. The summed E-state index contributed by atoms with van der Waals surface area (Å²) in [6, 6.07) is 11.3. The first kappa shape index (κ1) is 13.9. The summed E-state index contributed by atoms with van der Waals surface area (Å²) in [6.07, 6.45) is 0.946. The first-order valence-corrected chi connectivity index (χ1v) is 6.76. The number of hydrogen-bond donors (Lipinski definition) is 1. The zero-order valence-corrected chi connectivity index (χ0v) is 11.9. The Morgan fingerprint density at radius 2 is 1.79 bits per heavy atom. The molecule has 0 aromatic heterocycles. The Labute approximate surface area is 118 Å². The summed E-state index contributed by atoms with van der Waals surface area (Å²) in [5.41, 5.74) is 4.08. The second kappa shape index (κ2) is 6.07. The summed E-state index contributed by atoms with van der Waals surface area (Å²) in [7, 11) is 0. The van der Waals surface area contributed by atoms with Gasteiger partial charge in [0.2, 0.25) is 0 Å². The van der Waals surface area contributed by atoms with Gasteiger partial charge in [0.05, 0.1) is 5.02 Å². The summed E-state index contributed by atoms with van der Waals surface area (Å²) >= 11 is 5.78. The van der Waals surface area contributed by atoms with Gasteiger partial charge in [0, 0.05) is 17.8 Å². The van der Waals surface area contributed by atoms with Crippen molar-refractivity contribution in [2.45, 2.75) is 26.8 Å². The lowest BCUT2D eigenvalue weighted by molar-refractivity contribution is 0.613. The molecule has 3 heteroatoms. The Bertz CT molecular complexity index is 581. The lowest BCUT2D eigenvalue weighted by atomic mass is 10.1. The van der Waals surface area contributed by atoms with Gasteiger partial charge in [0.25, 0.3) is 0 Å². The van der Waals surface area contributed by atoms with Gasteiger partial charge in [0.1, 0.15) is 5.82 Å². The molecule has 0 saturated carbocycles. The largest absolute Gasteiger partial charge is 0.380 e. The Morgan fingerprint density at radius 3 is 2.53 bits per heavy atom. The van der Waals surface area contributed by atoms with Crippen molar-refractivity contribution in [2.75, 3.05) is 5.32 Å². The number of anilines is 1. The van der Waals surface area contributed by atoms with E-state index in [1.165, 1.54) is 11.1 Å². The van der Waals surface area contributed by atoms with Crippen molar-refractivity contribution in [1.82, 2.24) is 0 Å². The molecule has 0 saturated heterocycles. The van der Waals surface area contributed by atoms with Crippen LogP contribution in [0, 0.1) is 12.7 Å². The van der Waals surface area contributed by atoms with Crippen molar-refractivity contribution in [2.24, 2.45) is 0 Å². The molecule has 0 aliphatic heterocycles. The van der Waals surface area contributed by atoms with Gasteiger partial charge in [0.15, 0.2) is 0 Å². The van der Waals surface area contributed by atoms with E-state index in [9.17, 15) is 4.39 Å². The summed E-state index contributed by atoms with van der Waals surface area (Å²) < 4.78 is 13.8. The maximum absolute atomic E-state index is 13.8. The molecule has 2 aromatic carbocycles. The van der Waals surface area contributed by atoms with Gasteiger partial charge in [-0.1, -0.05) is 48.9 Å². The van der Waals surface area contributed by atoms with Gasteiger partial charge >= 0.3 is 0 Å². The van der Waals surface area contributed by atoms with Crippen LogP contribution in [-0.4, -0.2) is 0 Å². The third kappa shape index (κ3) is 3.07. The van der Waals surface area contributed by atoms with Crippen molar-refractivity contribution in [3.8, 4) is 0 Å². The van der Waals surface area contributed by atoms with Gasteiger partial charge in [-0.2, -0.15) is 0 Å². The van der Waals surface area contributed by atoms with E-state index in [0.717, 1.165) is 12.1 Å². The molecule has 0 spiro atoms. The van der Waals surface area contributed by atoms with Crippen LogP contribution >= 0.6 is 11.6 Å². The second-order valence-electron chi connectivity index (χ2n) is 4.53. The Kier molecular flexibility index (Phi) is 4.43. The zero-order valence-electron chi connectivity index (χ0n) is 11.1. The maximum atomic E-state index is 13.8.